The molecule has 0 aromatic heterocycles. The number of esters is 1. The summed E-state index contributed by atoms with van der Waals surface area (Å²) in [6.45, 7) is 7.03. The zero-order chi connectivity index (χ0) is 43.6. The number of fused-ring (bicyclic) bond motifs is 5. The van der Waals surface area contributed by atoms with Crippen molar-refractivity contribution in [3.05, 3.63) is 87.0 Å². The number of carbonyl (C=O) groups is 1. The van der Waals surface area contributed by atoms with E-state index in [0.717, 1.165) is 17.4 Å². The molecule has 0 fully saturated rings. The summed E-state index contributed by atoms with van der Waals surface area (Å²) in [6, 6.07) is 12.5. The standard InChI is InChI=1S/C46H63NO15/c1-47(2,3)7-4-8-61-40-5-6-41-42(29-40)46(62-45(41)50,38-25-34-30-57-21-17-53-13-9-51-10-14-54-18-22-58-31-35(26-38)43(34)48)39-27-36-32-59-23-19-55-15-11-52-12-16-56-20-24-60-33-37(28-39)44(36)49/h5-6,25-29H,4,7-24,30-33H2,1-3H3,(H-,48,49)/p+1. The van der Waals surface area contributed by atoms with Crippen LogP contribution < -0.4 is 4.74 Å². The van der Waals surface area contributed by atoms with Crippen LogP contribution in [-0.2, 0) is 84.1 Å². The second-order valence-electron chi connectivity index (χ2n) is 16.2. The molecule has 0 atom stereocenters. The lowest BCUT2D eigenvalue weighted by Gasteiger charge is -2.33. The molecule has 16 nitrogen and oxygen atoms in total. The molecule has 6 rings (SSSR count). The lowest BCUT2D eigenvalue weighted by molar-refractivity contribution is -0.870. The second-order valence-corrected chi connectivity index (χ2v) is 16.2. The molecule has 342 valence electrons. The number of quaternary nitrogens is 1. The van der Waals surface area contributed by atoms with E-state index in [0.29, 0.717) is 136 Å². The zero-order valence-corrected chi connectivity index (χ0v) is 36.5. The third kappa shape index (κ3) is 13.5. The highest BCUT2D eigenvalue weighted by atomic mass is 16.6. The first-order chi connectivity index (χ1) is 30.2. The minimum atomic E-state index is -1.62. The number of aromatic hydroxyl groups is 2. The van der Waals surface area contributed by atoms with Crippen LogP contribution in [0.15, 0.2) is 42.5 Å². The summed E-state index contributed by atoms with van der Waals surface area (Å²) in [5, 5.41) is 23.5. The summed E-state index contributed by atoms with van der Waals surface area (Å²) in [5.74, 6) is -0.0162. The Hall–Kier alpha value is -3.91. The largest absolute Gasteiger partial charge is 0.507 e. The van der Waals surface area contributed by atoms with E-state index >= 15 is 0 Å². The van der Waals surface area contributed by atoms with Gasteiger partial charge in [-0.2, -0.15) is 0 Å². The Bertz CT molecular complexity index is 1700. The second kappa shape index (κ2) is 24.2. The van der Waals surface area contributed by atoms with Gasteiger partial charge >= 0.3 is 5.97 Å². The average molecular weight is 871 g/mol. The minimum absolute atomic E-state index is 0.0105. The molecule has 3 aliphatic rings. The van der Waals surface area contributed by atoms with Crippen molar-refractivity contribution in [3.8, 4) is 17.2 Å². The van der Waals surface area contributed by atoms with Crippen molar-refractivity contribution in [3.63, 3.8) is 0 Å². The van der Waals surface area contributed by atoms with Crippen LogP contribution in [-0.4, -0.2) is 161 Å². The van der Waals surface area contributed by atoms with Gasteiger partial charge in [0.2, 0.25) is 0 Å². The van der Waals surface area contributed by atoms with Crippen LogP contribution in [0.5, 0.6) is 17.2 Å². The van der Waals surface area contributed by atoms with Crippen molar-refractivity contribution < 1.29 is 76.3 Å². The topological polar surface area (TPSA) is 168 Å². The van der Waals surface area contributed by atoms with Crippen LogP contribution >= 0.6 is 0 Å². The van der Waals surface area contributed by atoms with Crippen molar-refractivity contribution in [2.45, 2.75) is 38.4 Å². The van der Waals surface area contributed by atoms with Crippen molar-refractivity contribution in [1.82, 2.24) is 0 Å². The van der Waals surface area contributed by atoms with Gasteiger partial charge in [0.15, 0.2) is 5.60 Å². The molecule has 0 unspecified atom stereocenters. The fourth-order valence-corrected chi connectivity index (χ4v) is 7.31. The fourth-order valence-electron chi connectivity index (χ4n) is 7.31. The molecule has 62 heavy (non-hydrogen) atoms. The lowest BCUT2D eigenvalue weighted by atomic mass is 9.77. The number of ether oxygens (including phenoxy) is 12. The van der Waals surface area contributed by atoms with E-state index in [1.54, 1.807) is 36.4 Å². The van der Waals surface area contributed by atoms with E-state index < -0.39 is 11.6 Å². The first-order valence-corrected chi connectivity index (χ1v) is 21.4. The van der Waals surface area contributed by atoms with E-state index in [1.165, 1.54) is 0 Å². The molecule has 0 spiro atoms. The first-order valence-electron chi connectivity index (χ1n) is 21.4. The predicted octanol–water partition coefficient (Wildman–Crippen LogP) is 4.23. The Morgan fingerprint density at radius 3 is 1.24 bits per heavy atom. The molecular weight excluding hydrogens is 806 g/mol. The Labute approximate surface area is 364 Å². The number of rotatable bonds is 7. The van der Waals surface area contributed by atoms with Crippen LogP contribution in [0.1, 0.15) is 55.7 Å². The Morgan fingerprint density at radius 2 is 0.887 bits per heavy atom. The average Bonchev–Trinajstić information content (AvgIpc) is 3.55. The van der Waals surface area contributed by atoms with Gasteiger partial charge in [-0.1, -0.05) is 0 Å². The van der Waals surface area contributed by atoms with Crippen molar-refractivity contribution in [2.75, 3.05) is 140 Å². The third-order valence-corrected chi connectivity index (χ3v) is 10.4. The molecule has 0 saturated heterocycles. The normalized spacial score (nSPS) is 19.8. The number of phenolic OH excluding ortho intramolecular Hbond substituents is 2. The molecular formula is C46H64NO15+. The third-order valence-electron chi connectivity index (χ3n) is 10.4. The summed E-state index contributed by atoms with van der Waals surface area (Å²) in [6.07, 6.45) is 0.810. The van der Waals surface area contributed by atoms with Gasteiger partial charge in [-0.05, 0) is 42.5 Å². The van der Waals surface area contributed by atoms with Gasteiger partial charge in [-0.15, -0.1) is 0 Å². The van der Waals surface area contributed by atoms with Gasteiger partial charge in [0.1, 0.15) is 17.2 Å². The van der Waals surface area contributed by atoms with Crippen LogP contribution in [0.3, 0.4) is 0 Å². The van der Waals surface area contributed by atoms with Crippen LogP contribution in [0.2, 0.25) is 0 Å². The number of carbonyl (C=O) groups excluding carboxylic acids is 1. The number of cyclic esters (lactones) is 1. The molecule has 2 N–H and O–H groups in total. The SMILES string of the molecule is C[N+](C)(C)CCCOc1ccc2c(c1)C(c1cc3c(O)c(c1)COCCOCCOCCOCCOC3)(c1cc3c(O)c(c1)COCCOCCOCCOCCOC3)OC2=O. The summed E-state index contributed by atoms with van der Waals surface area (Å²) in [4.78, 5) is 14.2. The van der Waals surface area contributed by atoms with E-state index in [9.17, 15) is 15.0 Å². The number of nitrogens with zero attached hydrogens (tertiary/aromatic N) is 1. The number of hydrogen-bond donors (Lipinski definition) is 2. The fraction of sp³-hybridized carbons (Fsp3) is 0.587. The Balaban J connectivity index is 1.46. The lowest BCUT2D eigenvalue weighted by Crippen LogP contribution is -2.36. The summed E-state index contributed by atoms with van der Waals surface area (Å²) < 4.78 is 71.8. The van der Waals surface area contributed by atoms with Crippen LogP contribution in [0, 0.1) is 0 Å². The highest BCUT2D eigenvalue weighted by Crippen LogP contribution is 2.50. The van der Waals surface area contributed by atoms with Gasteiger partial charge in [0.05, 0.1) is 172 Å². The van der Waals surface area contributed by atoms with E-state index in [-0.39, 0.29) is 64.4 Å². The number of phenols is 2. The van der Waals surface area contributed by atoms with Gasteiger partial charge in [0, 0.05) is 45.4 Å². The first kappa shape index (κ1) is 47.6. The van der Waals surface area contributed by atoms with Gasteiger partial charge in [0.25, 0.3) is 0 Å². The number of hydrogen-bond acceptors (Lipinski definition) is 15. The molecule has 0 radical (unpaired) electrons. The molecule has 3 heterocycles. The molecule has 3 aliphatic heterocycles. The Kier molecular flexibility index (Phi) is 18.6. The monoisotopic (exact) mass is 870 g/mol. The highest BCUT2D eigenvalue weighted by Gasteiger charge is 2.50. The minimum Gasteiger partial charge on any atom is -0.507 e. The van der Waals surface area contributed by atoms with Crippen molar-refractivity contribution in [1.29, 1.82) is 0 Å². The zero-order valence-electron chi connectivity index (χ0n) is 36.5. The van der Waals surface area contributed by atoms with E-state index in [4.69, 9.17) is 56.8 Å². The van der Waals surface area contributed by atoms with Gasteiger partial charge in [-0.3, -0.25) is 0 Å². The smallest absolute Gasteiger partial charge is 0.340 e. The predicted molar refractivity (Wildman–Crippen MR) is 225 cm³/mol. The van der Waals surface area contributed by atoms with E-state index in [1.807, 2.05) is 6.07 Å². The van der Waals surface area contributed by atoms with Crippen LogP contribution in [0.4, 0.5) is 0 Å². The highest BCUT2D eigenvalue weighted by molar-refractivity contribution is 5.96. The quantitative estimate of drug-likeness (QED) is 0.197. The van der Waals surface area contributed by atoms with E-state index in [2.05, 4.69) is 21.1 Å². The van der Waals surface area contributed by atoms with Gasteiger partial charge < -0.3 is 71.5 Å². The molecule has 3 aromatic carbocycles. The molecule has 0 aliphatic carbocycles. The van der Waals surface area contributed by atoms with Crippen LogP contribution in [0.25, 0.3) is 0 Å². The summed E-state index contributed by atoms with van der Waals surface area (Å²) >= 11 is 0. The summed E-state index contributed by atoms with van der Waals surface area (Å²) in [5.41, 5.74) is 2.08. The maximum Gasteiger partial charge on any atom is 0.340 e. The molecule has 3 aromatic rings. The maximum atomic E-state index is 14.2. The number of benzene rings is 3. The molecule has 4 bridgehead atoms. The maximum absolute atomic E-state index is 14.2. The van der Waals surface area contributed by atoms with Gasteiger partial charge in [-0.25, -0.2) is 4.79 Å². The Morgan fingerprint density at radius 1 is 0.532 bits per heavy atom. The molecule has 0 saturated carbocycles. The summed E-state index contributed by atoms with van der Waals surface area (Å²) in [7, 11) is 6.40. The molecule has 0 amide bonds. The molecule has 16 heteroatoms. The van der Waals surface area contributed by atoms with Crippen molar-refractivity contribution >= 4 is 5.97 Å². The van der Waals surface area contributed by atoms with Crippen molar-refractivity contribution in [2.24, 2.45) is 0 Å².